The number of hydrogen-bond donors (Lipinski definition) is 0. The van der Waals surface area contributed by atoms with Crippen LogP contribution in [0.2, 0.25) is 20.1 Å². The van der Waals surface area contributed by atoms with Crippen LogP contribution in [0.1, 0.15) is 34.3 Å². The number of nitrogens with zero attached hydrogens (tertiary/aromatic N) is 4. The number of amides is 4. The summed E-state index contributed by atoms with van der Waals surface area (Å²) in [6.45, 7) is 0. The normalized spacial score (nSPS) is 23.3. The molecule has 4 fully saturated rings. The minimum atomic E-state index is -1.06. The summed E-state index contributed by atoms with van der Waals surface area (Å²) in [6, 6.07) is 41.7. The van der Waals surface area contributed by atoms with Crippen molar-refractivity contribution in [2.75, 3.05) is 19.9 Å². The van der Waals surface area contributed by atoms with Crippen molar-refractivity contribution in [1.29, 1.82) is 0 Å². The number of hydroxylamine groups is 2. The Labute approximate surface area is 370 Å². The maximum absolute atomic E-state index is 14.2. The molecule has 4 heterocycles. The summed E-state index contributed by atoms with van der Waals surface area (Å²) in [6.07, 6.45) is -1.63. The van der Waals surface area contributed by atoms with E-state index in [2.05, 4.69) is 0 Å². The lowest BCUT2D eigenvalue weighted by atomic mass is 9.90. The lowest BCUT2D eigenvalue weighted by Crippen LogP contribution is -2.37. The van der Waals surface area contributed by atoms with E-state index in [0.717, 1.165) is 11.1 Å². The fourth-order valence-corrected chi connectivity index (χ4v) is 9.85. The summed E-state index contributed by atoms with van der Waals surface area (Å²) in [7, 11) is 0. The molecule has 10 rings (SSSR count). The fraction of sp³-hybridized carbons (Fsp3) is 0.149. The highest BCUT2D eigenvalue weighted by Gasteiger charge is 2.62. The summed E-state index contributed by atoms with van der Waals surface area (Å²) < 4.78 is 0. The van der Waals surface area contributed by atoms with Crippen molar-refractivity contribution in [1.82, 2.24) is 0 Å². The summed E-state index contributed by atoms with van der Waals surface area (Å²) >= 11 is 25.8. The van der Waals surface area contributed by atoms with Gasteiger partial charge in [-0.2, -0.15) is 0 Å². The van der Waals surface area contributed by atoms with Crippen molar-refractivity contribution in [3.63, 3.8) is 0 Å². The Bertz CT molecular complexity index is 2540. The van der Waals surface area contributed by atoms with Gasteiger partial charge in [0.05, 0.1) is 34.8 Å². The quantitative estimate of drug-likeness (QED) is 0.139. The Balaban J connectivity index is 0.859. The van der Waals surface area contributed by atoms with E-state index >= 15 is 0 Å². The lowest BCUT2D eigenvalue weighted by Gasteiger charge is -2.29. The maximum Gasteiger partial charge on any atom is 0.266 e. The SMILES string of the molecule is O=C1C2ON(c3ccccc3)C(c3ccc(Cl)cc3Cl)C2C(=O)N1c1ccc(Cc2ccc(N3C(=O)C4ON(c5ccccc5)C(c5ccc(Cl)cc5Cl)C4C3=O)cc2)cc1. The van der Waals surface area contributed by atoms with Gasteiger partial charge in [-0.15, -0.1) is 0 Å². The lowest BCUT2D eigenvalue weighted by molar-refractivity contribution is -0.127. The van der Waals surface area contributed by atoms with Crippen molar-refractivity contribution in [2.45, 2.75) is 30.7 Å². The first kappa shape index (κ1) is 39.4. The van der Waals surface area contributed by atoms with E-state index < -0.39 is 59.8 Å². The van der Waals surface area contributed by atoms with Crippen LogP contribution in [-0.2, 0) is 35.3 Å². The minimum Gasteiger partial charge on any atom is -0.273 e. The second-order valence-corrected chi connectivity index (χ2v) is 16.9. The first-order chi connectivity index (χ1) is 29.6. The third-order valence-corrected chi connectivity index (χ3v) is 12.7. The second kappa shape index (κ2) is 15.6. The van der Waals surface area contributed by atoms with Gasteiger partial charge in [0.1, 0.15) is 11.8 Å². The van der Waals surface area contributed by atoms with E-state index in [4.69, 9.17) is 56.1 Å². The molecule has 6 unspecified atom stereocenters. The molecule has 4 aliphatic heterocycles. The number of fused-ring (bicyclic) bond motifs is 2. The smallest absolute Gasteiger partial charge is 0.266 e. The van der Waals surface area contributed by atoms with Crippen molar-refractivity contribution < 1.29 is 28.9 Å². The number of halogens is 4. The molecule has 0 spiro atoms. The van der Waals surface area contributed by atoms with Crippen LogP contribution in [0.25, 0.3) is 0 Å². The van der Waals surface area contributed by atoms with Crippen LogP contribution in [0.3, 0.4) is 0 Å². The molecule has 4 aliphatic rings. The van der Waals surface area contributed by atoms with Crippen LogP contribution in [0.5, 0.6) is 0 Å². The van der Waals surface area contributed by atoms with Crippen LogP contribution in [0.15, 0.2) is 146 Å². The molecule has 0 aliphatic carbocycles. The number of hydrogen-bond acceptors (Lipinski definition) is 8. The average molecular weight is 891 g/mol. The zero-order valence-corrected chi connectivity index (χ0v) is 34.8. The molecule has 0 bridgehead atoms. The highest BCUT2D eigenvalue weighted by atomic mass is 35.5. The molecular weight excluding hydrogens is 858 g/mol. The molecule has 4 amide bonds. The molecule has 304 valence electrons. The summed E-state index contributed by atoms with van der Waals surface area (Å²) in [5.41, 5.74) is 5.24. The Morgan fingerprint density at radius 2 is 0.803 bits per heavy atom. The average Bonchev–Trinajstić information content (AvgIpc) is 3.98. The first-order valence-electron chi connectivity index (χ1n) is 19.4. The van der Waals surface area contributed by atoms with Gasteiger partial charge in [-0.1, -0.05) is 119 Å². The van der Waals surface area contributed by atoms with Crippen LogP contribution >= 0.6 is 46.4 Å². The zero-order chi connectivity index (χ0) is 42.1. The molecule has 0 radical (unpaired) electrons. The topological polar surface area (TPSA) is 99.7 Å². The fourth-order valence-electron chi connectivity index (χ4n) is 8.81. The Morgan fingerprint density at radius 3 is 1.16 bits per heavy atom. The third-order valence-electron chi connectivity index (χ3n) is 11.6. The molecule has 6 atom stereocenters. The van der Waals surface area contributed by atoms with E-state index in [1.54, 1.807) is 70.8 Å². The number of anilines is 4. The molecule has 6 aromatic carbocycles. The first-order valence-corrected chi connectivity index (χ1v) is 20.9. The van der Waals surface area contributed by atoms with E-state index in [1.165, 1.54) is 9.80 Å². The van der Waals surface area contributed by atoms with Gasteiger partial charge in [-0.25, -0.2) is 19.9 Å². The molecule has 0 aromatic heterocycles. The molecule has 14 heteroatoms. The Hall–Kier alpha value is -5.72. The van der Waals surface area contributed by atoms with Crippen molar-refractivity contribution >= 4 is 92.8 Å². The number of imide groups is 2. The number of benzene rings is 6. The Kier molecular flexibility index (Phi) is 10.1. The Morgan fingerprint density at radius 1 is 0.426 bits per heavy atom. The molecule has 4 saturated heterocycles. The van der Waals surface area contributed by atoms with Crippen molar-refractivity contribution in [3.8, 4) is 0 Å². The molecule has 6 aromatic rings. The third kappa shape index (κ3) is 6.75. The standard InChI is InChI=1S/C47H32Cl4N4O6/c48-28-15-21-34(36(50)24-28)40-38-42(60-54(40)32-7-3-1-4-8-32)46(58)52(44(38)56)30-17-11-26(12-18-30)23-27-13-19-31(20-14-27)53-45(57)39-41(35-22-16-29(49)25-37(35)51)55(61-43(39)47(53)59)33-9-5-2-6-10-33/h1-22,24-25,38-43H,23H2. The summed E-state index contributed by atoms with van der Waals surface area (Å²) in [5, 5.41) is 4.79. The molecule has 61 heavy (non-hydrogen) atoms. The van der Waals surface area contributed by atoms with Gasteiger partial charge < -0.3 is 0 Å². The van der Waals surface area contributed by atoms with E-state index in [1.807, 2.05) is 84.9 Å². The number of rotatable bonds is 8. The van der Waals surface area contributed by atoms with Gasteiger partial charge in [0, 0.05) is 20.1 Å². The second-order valence-electron chi connectivity index (χ2n) is 15.2. The molecular formula is C47H32Cl4N4O6. The van der Waals surface area contributed by atoms with Crippen LogP contribution in [-0.4, -0.2) is 35.8 Å². The van der Waals surface area contributed by atoms with E-state index in [-0.39, 0.29) is 0 Å². The molecule has 0 N–H and O–H groups in total. The van der Waals surface area contributed by atoms with Crippen molar-refractivity contribution in [2.24, 2.45) is 11.8 Å². The summed E-state index contributed by atoms with van der Waals surface area (Å²) in [4.78, 5) is 71.2. The van der Waals surface area contributed by atoms with E-state index in [0.29, 0.717) is 60.4 Å². The van der Waals surface area contributed by atoms with Crippen molar-refractivity contribution in [3.05, 3.63) is 188 Å². The monoisotopic (exact) mass is 888 g/mol. The van der Waals surface area contributed by atoms with Gasteiger partial charge in [-0.05, 0) is 101 Å². The van der Waals surface area contributed by atoms with Crippen LogP contribution in [0, 0.1) is 11.8 Å². The highest BCUT2D eigenvalue weighted by molar-refractivity contribution is 6.36. The predicted molar refractivity (Wildman–Crippen MR) is 234 cm³/mol. The van der Waals surface area contributed by atoms with Crippen LogP contribution < -0.4 is 19.9 Å². The van der Waals surface area contributed by atoms with E-state index in [9.17, 15) is 19.2 Å². The van der Waals surface area contributed by atoms with Gasteiger partial charge in [0.2, 0.25) is 11.8 Å². The highest BCUT2D eigenvalue weighted by Crippen LogP contribution is 2.51. The van der Waals surface area contributed by atoms with Gasteiger partial charge >= 0.3 is 0 Å². The number of carbonyl (C=O) groups is 4. The maximum atomic E-state index is 14.2. The molecule has 0 saturated carbocycles. The van der Waals surface area contributed by atoms with Gasteiger partial charge in [0.25, 0.3) is 11.8 Å². The summed E-state index contributed by atoms with van der Waals surface area (Å²) in [5.74, 6) is -3.47. The molecule has 10 nitrogen and oxygen atoms in total. The zero-order valence-electron chi connectivity index (χ0n) is 31.8. The predicted octanol–water partition coefficient (Wildman–Crippen LogP) is 9.99. The van der Waals surface area contributed by atoms with Crippen LogP contribution in [0.4, 0.5) is 22.7 Å². The van der Waals surface area contributed by atoms with Gasteiger partial charge in [0.15, 0.2) is 12.2 Å². The minimum absolute atomic E-state index is 0.359. The van der Waals surface area contributed by atoms with Gasteiger partial charge in [-0.3, -0.25) is 28.9 Å². The number of carbonyl (C=O) groups excluding carboxylic acids is 4. The largest absolute Gasteiger partial charge is 0.273 e. The number of para-hydroxylation sites is 2.